The number of methoxy groups -OCH3 is 1. The minimum absolute atomic E-state index is 0.0502. The lowest BCUT2D eigenvalue weighted by molar-refractivity contribution is -0.134. The first-order chi connectivity index (χ1) is 11.5. The van der Waals surface area contributed by atoms with Gasteiger partial charge < -0.3 is 9.64 Å². The number of sulfone groups is 1. The summed E-state index contributed by atoms with van der Waals surface area (Å²) in [4.78, 5) is 14.9. The maximum Gasteiger partial charge on any atom is 0.227 e. The molecule has 1 heterocycles. The van der Waals surface area contributed by atoms with Gasteiger partial charge in [0, 0.05) is 12.1 Å². The molecule has 1 atom stereocenters. The maximum atomic E-state index is 13.0. The second-order valence-corrected chi connectivity index (χ2v) is 9.05. The number of carbonyl (C=O) groups excluding carboxylic acids is 1. The van der Waals surface area contributed by atoms with E-state index in [1.165, 1.54) is 0 Å². The molecule has 24 heavy (non-hydrogen) atoms. The molecule has 0 bridgehead atoms. The van der Waals surface area contributed by atoms with Crippen molar-refractivity contribution in [1.82, 2.24) is 4.90 Å². The summed E-state index contributed by atoms with van der Waals surface area (Å²) in [6.45, 7) is 0. The van der Waals surface area contributed by atoms with Gasteiger partial charge in [-0.3, -0.25) is 4.79 Å². The summed E-state index contributed by atoms with van der Waals surface area (Å²) >= 11 is 0. The van der Waals surface area contributed by atoms with E-state index in [4.69, 9.17) is 4.74 Å². The van der Waals surface area contributed by atoms with E-state index >= 15 is 0 Å². The smallest absolute Gasteiger partial charge is 0.227 e. The maximum absolute atomic E-state index is 13.0. The van der Waals surface area contributed by atoms with E-state index in [-0.39, 0.29) is 29.5 Å². The molecule has 0 unspecified atom stereocenters. The number of hydrogen-bond acceptors (Lipinski definition) is 4. The van der Waals surface area contributed by atoms with Gasteiger partial charge in [0.2, 0.25) is 5.91 Å². The van der Waals surface area contributed by atoms with Crippen molar-refractivity contribution in [3.05, 3.63) is 29.8 Å². The molecule has 2 fully saturated rings. The molecule has 3 rings (SSSR count). The lowest BCUT2D eigenvalue weighted by Gasteiger charge is -2.34. The van der Waals surface area contributed by atoms with E-state index in [1.54, 1.807) is 7.11 Å². The van der Waals surface area contributed by atoms with Gasteiger partial charge in [-0.2, -0.15) is 0 Å². The van der Waals surface area contributed by atoms with E-state index in [1.807, 2.05) is 29.2 Å². The van der Waals surface area contributed by atoms with Crippen LogP contribution in [0.15, 0.2) is 24.3 Å². The monoisotopic (exact) mass is 351 g/mol. The fourth-order valence-electron chi connectivity index (χ4n) is 3.89. The largest absolute Gasteiger partial charge is 0.497 e. The first kappa shape index (κ1) is 17.3. The van der Waals surface area contributed by atoms with E-state index < -0.39 is 9.84 Å². The highest BCUT2D eigenvalue weighted by molar-refractivity contribution is 7.91. The van der Waals surface area contributed by atoms with Gasteiger partial charge in [-0.15, -0.1) is 0 Å². The number of benzene rings is 1. The third-order valence-corrected chi connectivity index (χ3v) is 6.87. The van der Waals surface area contributed by atoms with Crippen molar-refractivity contribution in [2.75, 3.05) is 18.6 Å². The lowest BCUT2D eigenvalue weighted by atomic mass is 10.1. The second-order valence-electron chi connectivity index (χ2n) is 6.82. The van der Waals surface area contributed by atoms with Gasteiger partial charge >= 0.3 is 0 Å². The quantitative estimate of drug-likeness (QED) is 0.816. The van der Waals surface area contributed by atoms with Crippen LogP contribution in [0.3, 0.4) is 0 Å². The average Bonchev–Trinajstić information content (AvgIpc) is 3.18. The Bertz CT molecular complexity index is 677. The molecule has 1 aliphatic carbocycles. The van der Waals surface area contributed by atoms with Gasteiger partial charge in [0.1, 0.15) is 5.75 Å². The van der Waals surface area contributed by atoms with Crippen LogP contribution >= 0.6 is 0 Å². The standard InChI is InChI=1S/C18H25NO4S/c1-23-17-8-6-14(7-9-17)12-18(20)19(15-4-2-3-5-15)16-10-11-24(21,22)13-16/h6-9,15-16H,2-5,10-13H2,1H3/t16-/m0/s1. The van der Waals surface area contributed by atoms with Crippen molar-refractivity contribution in [3.63, 3.8) is 0 Å². The van der Waals surface area contributed by atoms with Crippen LogP contribution in [0.5, 0.6) is 5.75 Å². The Morgan fingerprint density at radius 2 is 1.79 bits per heavy atom. The van der Waals surface area contributed by atoms with Crippen LogP contribution in [0.2, 0.25) is 0 Å². The van der Waals surface area contributed by atoms with Crippen LogP contribution in [0.4, 0.5) is 0 Å². The minimum atomic E-state index is -3.00. The first-order valence-electron chi connectivity index (χ1n) is 8.63. The van der Waals surface area contributed by atoms with Crippen molar-refractivity contribution in [1.29, 1.82) is 0 Å². The molecule has 1 aliphatic heterocycles. The Kier molecular flexibility index (Phi) is 5.13. The molecule has 1 aromatic carbocycles. The summed E-state index contributed by atoms with van der Waals surface area (Å²) in [7, 11) is -1.38. The lowest BCUT2D eigenvalue weighted by Crippen LogP contribution is -2.47. The molecular weight excluding hydrogens is 326 g/mol. The number of nitrogens with zero attached hydrogens (tertiary/aromatic N) is 1. The van der Waals surface area contributed by atoms with Crippen molar-refractivity contribution in [3.8, 4) is 5.75 Å². The van der Waals surface area contributed by atoms with Crippen molar-refractivity contribution >= 4 is 15.7 Å². The number of amides is 1. The molecular formula is C18H25NO4S. The fourth-order valence-corrected chi connectivity index (χ4v) is 5.60. The molecule has 0 radical (unpaired) electrons. The van der Waals surface area contributed by atoms with Gasteiger partial charge in [-0.25, -0.2) is 8.42 Å². The zero-order valence-corrected chi connectivity index (χ0v) is 14.9. The van der Waals surface area contributed by atoms with Crippen LogP contribution in [-0.4, -0.2) is 49.9 Å². The van der Waals surface area contributed by atoms with E-state index in [0.717, 1.165) is 37.0 Å². The Labute approximate surface area is 143 Å². The zero-order chi connectivity index (χ0) is 17.2. The highest BCUT2D eigenvalue weighted by Gasteiger charge is 2.38. The molecule has 6 heteroatoms. The number of carbonyl (C=O) groups is 1. The third kappa shape index (κ3) is 3.91. The molecule has 132 valence electrons. The molecule has 1 saturated carbocycles. The number of rotatable bonds is 5. The molecule has 0 aromatic heterocycles. The van der Waals surface area contributed by atoms with Crippen LogP contribution in [0, 0.1) is 0 Å². The zero-order valence-electron chi connectivity index (χ0n) is 14.1. The van der Waals surface area contributed by atoms with Gasteiger partial charge in [0.15, 0.2) is 9.84 Å². The van der Waals surface area contributed by atoms with Crippen LogP contribution in [-0.2, 0) is 21.1 Å². The molecule has 0 spiro atoms. The van der Waals surface area contributed by atoms with Crippen molar-refractivity contribution in [2.45, 2.75) is 50.6 Å². The fraction of sp³-hybridized carbons (Fsp3) is 0.611. The molecule has 1 aromatic rings. The Morgan fingerprint density at radius 3 is 2.33 bits per heavy atom. The van der Waals surface area contributed by atoms with E-state index in [9.17, 15) is 13.2 Å². The number of hydrogen-bond donors (Lipinski definition) is 0. The van der Waals surface area contributed by atoms with Gasteiger partial charge in [-0.1, -0.05) is 25.0 Å². The van der Waals surface area contributed by atoms with Crippen LogP contribution < -0.4 is 4.74 Å². The minimum Gasteiger partial charge on any atom is -0.497 e. The molecule has 1 amide bonds. The molecule has 2 aliphatic rings. The van der Waals surface area contributed by atoms with E-state index in [2.05, 4.69) is 0 Å². The van der Waals surface area contributed by atoms with Crippen LogP contribution in [0.1, 0.15) is 37.7 Å². The van der Waals surface area contributed by atoms with Crippen LogP contribution in [0.25, 0.3) is 0 Å². The van der Waals surface area contributed by atoms with E-state index in [0.29, 0.717) is 12.8 Å². The predicted octanol–water partition coefficient (Wildman–Crippen LogP) is 2.20. The summed E-state index contributed by atoms with van der Waals surface area (Å²) in [6.07, 6.45) is 5.12. The van der Waals surface area contributed by atoms with Gasteiger partial charge in [0.25, 0.3) is 0 Å². The topological polar surface area (TPSA) is 63.7 Å². The number of ether oxygens (including phenoxy) is 1. The molecule has 5 nitrogen and oxygen atoms in total. The third-order valence-electron chi connectivity index (χ3n) is 5.12. The van der Waals surface area contributed by atoms with Crippen molar-refractivity contribution in [2.24, 2.45) is 0 Å². The van der Waals surface area contributed by atoms with Gasteiger partial charge in [-0.05, 0) is 37.0 Å². The highest BCUT2D eigenvalue weighted by atomic mass is 32.2. The summed E-state index contributed by atoms with van der Waals surface area (Å²) in [5.74, 6) is 1.14. The van der Waals surface area contributed by atoms with Crippen molar-refractivity contribution < 1.29 is 17.9 Å². The SMILES string of the molecule is COc1ccc(CC(=O)N(C2CCCC2)[C@H]2CCS(=O)(=O)C2)cc1. The predicted molar refractivity (Wildman–Crippen MR) is 92.9 cm³/mol. The molecule has 1 saturated heterocycles. The summed E-state index contributed by atoms with van der Waals surface area (Å²) < 4.78 is 28.9. The van der Waals surface area contributed by atoms with Gasteiger partial charge in [0.05, 0.1) is 25.0 Å². The Balaban J connectivity index is 1.75. The Morgan fingerprint density at radius 1 is 1.12 bits per heavy atom. The summed E-state index contributed by atoms with van der Waals surface area (Å²) in [5.41, 5.74) is 0.935. The highest BCUT2D eigenvalue weighted by Crippen LogP contribution is 2.29. The summed E-state index contributed by atoms with van der Waals surface area (Å²) in [5, 5.41) is 0. The summed E-state index contributed by atoms with van der Waals surface area (Å²) in [6, 6.07) is 7.55. The first-order valence-corrected chi connectivity index (χ1v) is 10.5. The Hall–Kier alpha value is -1.56. The average molecular weight is 351 g/mol. The second kappa shape index (κ2) is 7.13. The molecule has 0 N–H and O–H groups in total. The normalized spacial score (nSPS) is 23.3.